The quantitative estimate of drug-likeness (QED) is 0.173. The summed E-state index contributed by atoms with van der Waals surface area (Å²) < 4.78 is 0. The van der Waals surface area contributed by atoms with Crippen molar-refractivity contribution in [2.24, 2.45) is 23.7 Å². The zero-order chi connectivity index (χ0) is 21.5. The van der Waals surface area contributed by atoms with Crippen molar-refractivity contribution in [2.75, 3.05) is 26.2 Å². The van der Waals surface area contributed by atoms with Crippen molar-refractivity contribution in [3.63, 3.8) is 0 Å². The molecule has 170 valence electrons. The molecule has 0 aromatic rings. The van der Waals surface area contributed by atoms with Crippen molar-refractivity contribution in [1.29, 1.82) is 0 Å². The molecule has 0 aromatic heterocycles. The Morgan fingerprint density at radius 2 is 0.786 bits per heavy atom. The van der Waals surface area contributed by atoms with E-state index in [1.807, 2.05) is 0 Å². The molecule has 0 aromatic carbocycles. The number of hydrogen-bond donors (Lipinski definition) is 0. The average Bonchev–Trinajstić information content (AvgIpc) is 2.54. The van der Waals surface area contributed by atoms with Crippen molar-refractivity contribution in [2.45, 2.75) is 120 Å². The molecule has 0 aliphatic carbocycles. The monoisotopic (exact) mass is 396 g/mol. The fraction of sp³-hybridized carbons (Fsp3) is 1.00. The van der Waals surface area contributed by atoms with Crippen LogP contribution in [0.1, 0.15) is 114 Å². The van der Waals surface area contributed by atoms with Gasteiger partial charge in [-0.1, -0.05) is 107 Å². The highest BCUT2D eigenvalue weighted by Gasteiger charge is 2.27. The van der Waals surface area contributed by atoms with E-state index in [1.54, 1.807) is 0 Å². The minimum Gasteiger partial charge on any atom is -0.287 e. The van der Waals surface area contributed by atoms with Gasteiger partial charge in [-0.15, -0.1) is 0 Å². The van der Waals surface area contributed by atoms with Gasteiger partial charge in [0.15, 0.2) is 0 Å². The first-order chi connectivity index (χ1) is 13.2. The highest BCUT2D eigenvalue weighted by atomic mass is 15.4. The summed E-state index contributed by atoms with van der Waals surface area (Å²) in [7, 11) is 0. The van der Waals surface area contributed by atoms with Crippen LogP contribution in [0.15, 0.2) is 0 Å². The first-order valence-electron chi connectivity index (χ1n) is 12.6. The first kappa shape index (κ1) is 27.9. The van der Waals surface area contributed by atoms with E-state index in [2.05, 4.69) is 72.1 Å². The second-order valence-corrected chi connectivity index (χ2v) is 10.9. The maximum absolute atomic E-state index is 2.83. The molecule has 0 radical (unpaired) electrons. The molecule has 0 atom stereocenters. The van der Waals surface area contributed by atoms with Crippen molar-refractivity contribution in [1.82, 2.24) is 9.80 Å². The van der Waals surface area contributed by atoms with Gasteiger partial charge in [-0.2, -0.15) is 0 Å². The largest absolute Gasteiger partial charge is 0.287 e. The molecular weight excluding hydrogens is 340 g/mol. The lowest BCUT2D eigenvalue weighted by Gasteiger charge is -2.43. The summed E-state index contributed by atoms with van der Waals surface area (Å²) in [4.78, 5) is 5.66. The fourth-order valence-electron chi connectivity index (χ4n) is 4.39. The van der Waals surface area contributed by atoms with Gasteiger partial charge in [-0.3, -0.25) is 9.80 Å². The lowest BCUT2D eigenvalue weighted by Crippen LogP contribution is -2.52. The third-order valence-corrected chi connectivity index (χ3v) is 5.31. The Kier molecular flexibility index (Phi) is 16.6. The van der Waals surface area contributed by atoms with Gasteiger partial charge in [0, 0.05) is 26.2 Å². The summed E-state index contributed by atoms with van der Waals surface area (Å²) in [5.74, 6) is 2.93. The highest BCUT2D eigenvalue weighted by molar-refractivity contribution is 4.78. The summed E-state index contributed by atoms with van der Waals surface area (Å²) in [5, 5.41) is 0. The second-order valence-electron chi connectivity index (χ2n) is 10.9. The maximum Gasteiger partial charge on any atom is 0.0622 e. The summed E-state index contributed by atoms with van der Waals surface area (Å²) in [6.45, 7) is 26.3. The molecule has 0 unspecified atom stereocenters. The molecule has 0 spiro atoms. The molecule has 0 N–H and O–H groups in total. The summed E-state index contributed by atoms with van der Waals surface area (Å²) in [6.07, 6.45) is 11.8. The molecule has 0 rings (SSSR count). The molecule has 0 aliphatic heterocycles. The second kappa shape index (κ2) is 16.7. The third-order valence-electron chi connectivity index (χ3n) is 5.31. The third kappa shape index (κ3) is 14.9. The van der Waals surface area contributed by atoms with Gasteiger partial charge < -0.3 is 0 Å². The molecule has 0 fully saturated rings. The van der Waals surface area contributed by atoms with Gasteiger partial charge in [0.1, 0.15) is 0 Å². The van der Waals surface area contributed by atoms with Gasteiger partial charge >= 0.3 is 0 Å². The van der Waals surface area contributed by atoms with E-state index in [0.717, 1.165) is 23.7 Å². The van der Waals surface area contributed by atoms with Crippen molar-refractivity contribution < 1.29 is 0 Å². The Bertz CT molecular complexity index is 291. The number of unbranched alkanes of at least 4 members (excludes halogenated alkanes) is 6. The van der Waals surface area contributed by atoms with Crippen LogP contribution in [-0.4, -0.2) is 42.1 Å². The topological polar surface area (TPSA) is 6.48 Å². The predicted octanol–water partition coefficient (Wildman–Crippen LogP) is 7.68. The smallest absolute Gasteiger partial charge is 0.0622 e. The molecule has 0 saturated carbocycles. The SMILES string of the molecule is CCCCCCCCCC(N(CC(C)C)CC(C)C)N(CC(C)C)CC(C)C. The minimum atomic E-state index is 0.616. The Labute approximate surface area is 179 Å². The normalized spacial score (nSPS) is 12.9. The number of hydrogen-bond acceptors (Lipinski definition) is 2. The zero-order valence-corrected chi connectivity index (χ0v) is 21.3. The molecule has 0 bridgehead atoms. The average molecular weight is 397 g/mol. The first-order valence-corrected chi connectivity index (χ1v) is 12.6. The van der Waals surface area contributed by atoms with Crippen LogP contribution >= 0.6 is 0 Å². The van der Waals surface area contributed by atoms with Gasteiger partial charge in [0.2, 0.25) is 0 Å². The molecule has 0 aliphatic rings. The van der Waals surface area contributed by atoms with E-state index in [4.69, 9.17) is 0 Å². The van der Waals surface area contributed by atoms with Crippen LogP contribution in [0.5, 0.6) is 0 Å². The van der Waals surface area contributed by atoms with E-state index in [1.165, 1.54) is 77.5 Å². The maximum atomic E-state index is 2.83. The lowest BCUT2D eigenvalue weighted by molar-refractivity contribution is 0.00531. The highest BCUT2D eigenvalue weighted by Crippen LogP contribution is 2.21. The van der Waals surface area contributed by atoms with Crippen LogP contribution in [0.2, 0.25) is 0 Å². The molecular formula is C26H56N2. The van der Waals surface area contributed by atoms with Gasteiger partial charge in [-0.05, 0) is 30.1 Å². The van der Waals surface area contributed by atoms with Crippen LogP contribution in [0.3, 0.4) is 0 Å². The van der Waals surface area contributed by atoms with E-state index in [9.17, 15) is 0 Å². The van der Waals surface area contributed by atoms with E-state index >= 15 is 0 Å². The van der Waals surface area contributed by atoms with Crippen LogP contribution < -0.4 is 0 Å². The molecule has 0 amide bonds. The van der Waals surface area contributed by atoms with Gasteiger partial charge in [0.05, 0.1) is 6.17 Å². The molecule has 2 heteroatoms. The Hall–Kier alpha value is -0.0800. The van der Waals surface area contributed by atoms with Crippen LogP contribution in [0, 0.1) is 23.7 Å². The Balaban J connectivity index is 5.11. The van der Waals surface area contributed by atoms with Crippen LogP contribution in [0.25, 0.3) is 0 Å². The molecule has 0 saturated heterocycles. The fourth-order valence-corrected chi connectivity index (χ4v) is 4.39. The van der Waals surface area contributed by atoms with E-state index < -0.39 is 0 Å². The van der Waals surface area contributed by atoms with Gasteiger partial charge in [0.25, 0.3) is 0 Å². The molecule has 2 nitrogen and oxygen atoms in total. The number of rotatable bonds is 18. The van der Waals surface area contributed by atoms with Crippen molar-refractivity contribution in [3.8, 4) is 0 Å². The van der Waals surface area contributed by atoms with Gasteiger partial charge in [-0.25, -0.2) is 0 Å². The minimum absolute atomic E-state index is 0.616. The molecule has 0 heterocycles. The number of nitrogens with zero attached hydrogens (tertiary/aromatic N) is 2. The standard InChI is InChI=1S/C26H56N2/c1-10-11-12-13-14-15-16-17-26(27(18-22(2)3)19-23(4)5)28(20-24(6)7)21-25(8)9/h22-26H,10-21H2,1-9H3. The summed E-state index contributed by atoms with van der Waals surface area (Å²) >= 11 is 0. The Morgan fingerprint density at radius 1 is 0.464 bits per heavy atom. The van der Waals surface area contributed by atoms with Crippen molar-refractivity contribution >= 4 is 0 Å². The Morgan fingerprint density at radius 3 is 1.11 bits per heavy atom. The van der Waals surface area contributed by atoms with Crippen molar-refractivity contribution in [3.05, 3.63) is 0 Å². The lowest BCUT2D eigenvalue weighted by atomic mass is 10.0. The summed E-state index contributed by atoms with van der Waals surface area (Å²) in [5.41, 5.74) is 0. The molecule has 28 heavy (non-hydrogen) atoms. The predicted molar refractivity (Wildman–Crippen MR) is 129 cm³/mol. The summed E-state index contributed by atoms with van der Waals surface area (Å²) in [6, 6.07) is 0. The van der Waals surface area contributed by atoms with E-state index in [-0.39, 0.29) is 0 Å². The van der Waals surface area contributed by atoms with E-state index in [0.29, 0.717) is 6.17 Å². The van der Waals surface area contributed by atoms with Crippen LogP contribution in [0.4, 0.5) is 0 Å². The zero-order valence-electron chi connectivity index (χ0n) is 21.3. The van der Waals surface area contributed by atoms with Crippen LogP contribution in [-0.2, 0) is 0 Å².